The van der Waals surface area contributed by atoms with Gasteiger partial charge in [0.15, 0.2) is 0 Å². The largest absolute Gasteiger partial charge is 0.370 e. The molecule has 0 amide bonds. The number of anilines is 2. The van der Waals surface area contributed by atoms with Crippen LogP contribution in [0.15, 0.2) is 18.7 Å². The fourth-order valence-corrected chi connectivity index (χ4v) is 1.85. The van der Waals surface area contributed by atoms with E-state index in [1.165, 1.54) is 5.56 Å². The van der Waals surface area contributed by atoms with Crippen molar-refractivity contribution in [3.8, 4) is 0 Å². The molecular weight excluding hydrogens is 240 g/mol. The van der Waals surface area contributed by atoms with Gasteiger partial charge in [-0.1, -0.05) is 0 Å². The molecule has 2 N–H and O–H groups in total. The molecule has 0 bridgehead atoms. The number of nitrogens with one attached hydrogen (secondary N) is 2. The van der Waals surface area contributed by atoms with E-state index in [2.05, 4.69) is 32.6 Å². The summed E-state index contributed by atoms with van der Waals surface area (Å²) in [5.41, 5.74) is 2.22. The first-order valence-corrected chi connectivity index (χ1v) is 6.49. The summed E-state index contributed by atoms with van der Waals surface area (Å²) in [5, 5.41) is 10.8. The lowest BCUT2D eigenvalue weighted by Crippen LogP contribution is -2.13. The molecule has 0 fully saturated rings. The van der Waals surface area contributed by atoms with E-state index in [0.717, 1.165) is 36.8 Å². The molecule has 0 aromatic carbocycles. The van der Waals surface area contributed by atoms with Gasteiger partial charge in [-0.25, -0.2) is 9.97 Å². The molecule has 6 heteroatoms. The highest BCUT2D eigenvalue weighted by Gasteiger charge is 2.05. The first-order chi connectivity index (χ1) is 9.20. The molecular formula is C13H20N6. The Labute approximate surface area is 113 Å². The molecule has 0 saturated carbocycles. The van der Waals surface area contributed by atoms with E-state index in [1.807, 2.05) is 30.9 Å². The predicted octanol–water partition coefficient (Wildman–Crippen LogP) is 1.83. The van der Waals surface area contributed by atoms with Crippen molar-refractivity contribution in [3.05, 3.63) is 29.8 Å². The highest BCUT2D eigenvalue weighted by atomic mass is 15.3. The third kappa shape index (κ3) is 3.43. The Morgan fingerprint density at radius 1 is 1.16 bits per heavy atom. The molecule has 2 aromatic heterocycles. The summed E-state index contributed by atoms with van der Waals surface area (Å²) < 4.78 is 1.92. The Hall–Kier alpha value is -2.11. The van der Waals surface area contributed by atoms with Crippen LogP contribution in [0.25, 0.3) is 0 Å². The zero-order valence-electron chi connectivity index (χ0n) is 11.6. The van der Waals surface area contributed by atoms with Crippen LogP contribution in [0, 0.1) is 13.8 Å². The van der Waals surface area contributed by atoms with Crippen molar-refractivity contribution >= 4 is 11.6 Å². The number of hydrogen-bond donors (Lipinski definition) is 2. The Kier molecular flexibility index (Phi) is 4.33. The molecule has 0 spiro atoms. The molecule has 0 saturated heterocycles. The second kappa shape index (κ2) is 6.17. The summed E-state index contributed by atoms with van der Waals surface area (Å²) in [4.78, 5) is 8.48. The summed E-state index contributed by atoms with van der Waals surface area (Å²) in [6, 6.07) is 0. The van der Waals surface area contributed by atoms with Crippen molar-refractivity contribution in [2.45, 2.75) is 27.3 Å². The van der Waals surface area contributed by atoms with Gasteiger partial charge in [0.05, 0.1) is 12.7 Å². The summed E-state index contributed by atoms with van der Waals surface area (Å²) in [6.45, 7) is 8.55. The lowest BCUT2D eigenvalue weighted by atomic mass is 10.3. The first-order valence-electron chi connectivity index (χ1n) is 6.49. The van der Waals surface area contributed by atoms with Gasteiger partial charge in [0.2, 0.25) is 0 Å². The second-order valence-corrected chi connectivity index (χ2v) is 4.43. The highest BCUT2D eigenvalue weighted by molar-refractivity contribution is 5.56. The minimum absolute atomic E-state index is 0.782. The molecule has 2 aromatic rings. The van der Waals surface area contributed by atoms with Crippen molar-refractivity contribution in [2.75, 3.05) is 23.7 Å². The maximum atomic E-state index is 4.27. The van der Waals surface area contributed by atoms with Gasteiger partial charge < -0.3 is 10.6 Å². The predicted molar refractivity (Wildman–Crippen MR) is 76.4 cm³/mol. The smallest absolute Gasteiger partial charge is 0.134 e. The molecule has 0 aliphatic heterocycles. The van der Waals surface area contributed by atoms with Gasteiger partial charge in [-0.15, -0.1) is 0 Å². The van der Waals surface area contributed by atoms with Gasteiger partial charge in [0.1, 0.15) is 18.0 Å². The van der Waals surface area contributed by atoms with Gasteiger partial charge >= 0.3 is 0 Å². The number of rotatable bonds is 6. The second-order valence-electron chi connectivity index (χ2n) is 4.43. The Balaban J connectivity index is 1.94. The third-order valence-corrected chi connectivity index (χ3v) is 2.82. The SMILES string of the molecule is CCNc1ncnc(NCCn2cc(C)cn2)c1C. The van der Waals surface area contributed by atoms with E-state index < -0.39 is 0 Å². The average Bonchev–Trinajstić information content (AvgIpc) is 2.80. The average molecular weight is 260 g/mol. The van der Waals surface area contributed by atoms with Crippen LogP contribution in [0.5, 0.6) is 0 Å². The minimum atomic E-state index is 0.782. The monoisotopic (exact) mass is 260 g/mol. The van der Waals surface area contributed by atoms with E-state index in [9.17, 15) is 0 Å². The molecule has 0 aliphatic rings. The number of aryl methyl sites for hydroxylation is 1. The van der Waals surface area contributed by atoms with Gasteiger partial charge in [-0.2, -0.15) is 5.10 Å². The van der Waals surface area contributed by atoms with Gasteiger partial charge in [-0.3, -0.25) is 4.68 Å². The van der Waals surface area contributed by atoms with Crippen molar-refractivity contribution in [1.29, 1.82) is 0 Å². The lowest BCUT2D eigenvalue weighted by molar-refractivity contribution is 0.636. The Morgan fingerprint density at radius 2 is 1.89 bits per heavy atom. The molecule has 0 unspecified atom stereocenters. The topological polar surface area (TPSA) is 67.7 Å². The van der Waals surface area contributed by atoms with Crippen LogP contribution in [0.1, 0.15) is 18.1 Å². The van der Waals surface area contributed by atoms with Gasteiger partial charge in [-0.05, 0) is 26.3 Å². The van der Waals surface area contributed by atoms with E-state index in [-0.39, 0.29) is 0 Å². The lowest BCUT2D eigenvalue weighted by Gasteiger charge is -2.11. The van der Waals surface area contributed by atoms with E-state index in [1.54, 1.807) is 6.33 Å². The fourth-order valence-electron chi connectivity index (χ4n) is 1.85. The zero-order chi connectivity index (χ0) is 13.7. The number of nitrogens with zero attached hydrogens (tertiary/aromatic N) is 4. The third-order valence-electron chi connectivity index (χ3n) is 2.82. The summed E-state index contributed by atoms with van der Waals surface area (Å²) >= 11 is 0. The van der Waals surface area contributed by atoms with Crippen molar-refractivity contribution in [3.63, 3.8) is 0 Å². The van der Waals surface area contributed by atoms with Crippen molar-refractivity contribution in [2.24, 2.45) is 0 Å². The van der Waals surface area contributed by atoms with Crippen LogP contribution >= 0.6 is 0 Å². The Morgan fingerprint density at radius 3 is 2.53 bits per heavy atom. The van der Waals surface area contributed by atoms with Crippen LogP contribution in [-0.4, -0.2) is 32.8 Å². The first kappa shape index (κ1) is 13.3. The Bertz CT molecular complexity index is 534. The normalized spacial score (nSPS) is 10.5. The van der Waals surface area contributed by atoms with Crippen molar-refractivity contribution in [1.82, 2.24) is 19.7 Å². The number of hydrogen-bond acceptors (Lipinski definition) is 5. The minimum Gasteiger partial charge on any atom is -0.370 e. The van der Waals surface area contributed by atoms with Gasteiger partial charge in [0, 0.05) is 24.8 Å². The highest BCUT2D eigenvalue weighted by Crippen LogP contribution is 2.17. The molecule has 0 aliphatic carbocycles. The van der Waals surface area contributed by atoms with Crippen LogP contribution in [0.4, 0.5) is 11.6 Å². The fraction of sp³-hybridized carbons (Fsp3) is 0.462. The zero-order valence-corrected chi connectivity index (χ0v) is 11.6. The van der Waals surface area contributed by atoms with Crippen molar-refractivity contribution < 1.29 is 0 Å². The molecule has 102 valence electrons. The standard InChI is InChI=1S/C13H20N6/c1-4-14-12-11(3)13(17-9-16-12)15-5-6-19-8-10(2)7-18-19/h7-9H,4-6H2,1-3H3,(H2,14,15,16,17). The summed E-state index contributed by atoms with van der Waals surface area (Å²) in [7, 11) is 0. The van der Waals surface area contributed by atoms with E-state index >= 15 is 0 Å². The molecule has 0 atom stereocenters. The molecule has 6 nitrogen and oxygen atoms in total. The number of aromatic nitrogens is 4. The molecule has 2 rings (SSSR count). The maximum absolute atomic E-state index is 4.27. The van der Waals surface area contributed by atoms with Gasteiger partial charge in [0.25, 0.3) is 0 Å². The van der Waals surface area contributed by atoms with Crippen LogP contribution in [0.2, 0.25) is 0 Å². The van der Waals surface area contributed by atoms with Crippen LogP contribution < -0.4 is 10.6 Å². The maximum Gasteiger partial charge on any atom is 0.134 e. The van der Waals surface area contributed by atoms with Crippen LogP contribution in [-0.2, 0) is 6.54 Å². The quantitative estimate of drug-likeness (QED) is 0.829. The molecule has 19 heavy (non-hydrogen) atoms. The summed E-state index contributed by atoms with van der Waals surface area (Å²) in [6.07, 6.45) is 5.46. The van der Waals surface area contributed by atoms with E-state index in [4.69, 9.17) is 0 Å². The van der Waals surface area contributed by atoms with E-state index in [0.29, 0.717) is 0 Å². The molecule has 2 heterocycles. The van der Waals surface area contributed by atoms with Crippen LogP contribution in [0.3, 0.4) is 0 Å². The summed E-state index contributed by atoms with van der Waals surface area (Å²) in [5.74, 6) is 1.75. The molecule has 0 radical (unpaired) electrons.